The molecular formula is C20H18F3N3O3. The average molecular weight is 405 g/mol. The predicted molar refractivity (Wildman–Crippen MR) is 101 cm³/mol. The molecule has 1 amide bonds. The molecule has 0 radical (unpaired) electrons. The van der Waals surface area contributed by atoms with Gasteiger partial charge in [-0.25, -0.2) is 9.97 Å². The number of aromatic nitrogens is 2. The van der Waals surface area contributed by atoms with Gasteiger partial charge < -0.3 is 14.8 Å². The summed E-state index contributed by atoms with van der Waals surface area (Å²) in [6.45, 7) is 1.96. The molecular weight excluding hydrogens is 387 g/mol. The number of anilines is 1. The number of ether oxygens (including phenoxy) is 2. The molecule has 29 heavy (non-hydrogen) atoms. The van der Waals surface area contributed by atoms with Crippen molar-refractivity contribution in [3.05, 3.63) is 72.1 Å². The Kier molecular flexibility index (Phi) is 5.96. The average Bonchev–Trinajstić information content (AvgIpc) is 2.70. The molecule has 0 saturated carbocycles. The van der Waals surface area contributed by atoms with Gasteiger partial charge in [0.05, 0.1) is 0 Å². The predicted octanol–water partition coefficient (Wildman–Crippen LogP) is 5.23. The Balaban J connectivity index is 0.00000320. The second-order valence-electron chi connectivity index (χ2n) is 5.85. The summed E-state index contributed by atoms with van der Waals surface area (Å²) in [7, 11) is 0. The fourth-order valence-corrected chi connectivity index (χ4v) is 2.45. The Hall–Kier alpha value is -3.62. The minimum Gasteiger partial charge on any atom is -0.420 e. The van der Waals surface area contributed by atoms with E-state index < -0.39 is 18.0 Å². The van der Waals surface area contributed by atoms with Crippen molar-refractivity contribution in [2.45, 2.75) is 19.7 Å². The first-order valence-corrected chi connectivity index (χ1v) is 8.59. The maximum Gasteiger partial charge on any atom is 0.573 e. The Labute approximate surface area is 165 Å². The van der Waals surface area contributed by atoms with Crippen molar-refractivity contribution in [3.8, 4) is 17.5 Å². The monoisotopic (exact) mass is 405 g/mol. The highest BCUT2D eigenvalue weighted by Crippen LogP contribution is 2.36. The lowest BCUT2D eigenvalue weighted by Gasteiger charge is -2.15. The molecule has 3 aromatic rings. The van der Waals surface area contributed by atoms with Crippen molar-refractivity contribution in [3.63, 3.8) is 0 Å². The van der Waals surface area contributed by atoms with E-state index in [1.165, 1.54) is 30.6 Å². The zero-order valence-corrected chi connectivity index (χ0v) is 15.2. The summed E-state index contributed by atoms with van der Waals surface area (Å²) < 4.78 is 47.4. The Morgan fingerprint density at radius 1 is 1.07 bits per heavy atom. The molecule has 152 valence electrons. The van der Waals surface area contributed by atoms with E-state index in [0.717, 1.165) is 18.1 Å². The summed E-state index contributed by atoms with van der Waals surface area (Å²) in [6.07, 6.45) is -1.40. The van der Waals surface area contributed by atoms with Gasteiger partial charge in [-0.2, -0.15) is 0 Å². The Morgan fingerprint density at radius 3 is 2.52 bits per heavy atom. The van der Waals surface area contributed by atoms with Gasteiger partial charge in [0.2, 0.25) is 0 Å². The third-order valence-electron chi connectivity index (χ3n) is 3.77. The standard InChI is InChI=1S/C20H16F3N3O3.H2/c1-2-13-5-3-6-14(11-13)18(27)26-15-7-8-16(29-20(21,22)23)17(12-15)28-19-24-9-4-10-25-19;/h3-12H,2H2,1H3,(H,26,27);1H. The number of carbonyl (C=O) groups excluding carboxylic acids is 1. The number of amides is 1. The van der Waals surface area contributed by atoms with E-state index in [1.807, 2.05) is 13.0 Å². The number of carbonyl (C=O) groups is 1. The van der Waals surface area contributed by atoms with Gasteiger partial charge in [0.1, 0.15) is 0 Å². The van der Waals surface area contributed by atoms with Gasteiger partial charge in [-0.05, 0) is 42.3 Å². The molecule has 3 rings (SSSR count). The molecule has 0 bridgehead atoms. The van der Waals surface area contributed by atoms with Crippen molar-refractivity contribution in [2.75, 3.05) is 5.32 Å². The molecule has 0 aliphatic heterocycles. The number of nitrogens with one attached hydrogen (secondary N) is 1. The highest BCUT2D eigenvalue weighted by Gasteiger charge is 2.32. The highest BCUT2D eigenvalue weighted by molar-refractivity contribution is 6.04. The van der Waals surface area contributed by atoms with Gasteiger partial charge in [0.15, 0.2) is 11.5 Å². The highest BCUT2D eigenvalue weighted by atomic mass is 19.4. The Morgan fingerprint density at radius 2 is 1.83 bits per heavy atom. The molecule has 1 aromatic heterocycles. The third kappa shape index (κ3) is 5.68. The number of nitrogens with zero attached hydrogens (tertiary/aromatic N) is 2. The van der Waals surface area contributed by atoms with Gasteiger partial charge in [-0.15, -0.1) is 13.2 Å². The lowest BCUT2D eigenvalue weighted by Crippen LogP contribution is -2.18. The molecule has 0 aliphatic rings. The quantitative estimate of drug-likeness (QED) is 0.608. The second-order valence-corrected chi connectivity index (χ2v) is 5.85. The number of rotatable bonds is 6. The van der Waals surface area contributed by atoms with Crippen LogP contribution in [0.4, 0.5) is 18.9 Å². The SMILES string of the molecule is CCc1cccc(C(=O)Nc2ccc(OC(F)(F)F)c(Oc3ncccn3)c2)c1.[HH]. The fraction of sp³-hybridized carbons (Fsp3) is 0.150. The van der Waals surface area contributed by atoms with Crippen LogP contribution in [0.2, 0.25) is 0 Å². The fourth-order valence-electron chi connectivity index (χ4n) is 2.45. The molecule has 0 atom stereocenters. The van der Waals surface area contributed by atoms with E-state index in [2.05, 4.69) is 20.0 Å². The number of hydrogen-bond acceptors (Lipinski definition) is 5. The first-order chi connectivity index (χ1) is 13.8. The molecule has 1 heterocycles. The van der Waals surface area contributed by atoms with E-state index in [1.54, 1.807) is 18.2 Å². The topological polar surface area (TPSA) is 73.3 Å². The molecule has 0 fully saturated rings. The van der Waals surface area contributed by atoms with Crippen LogP contribution in [-0.2, 0) is 6.42 Å². The summed E-state index contributed by atoms with van der Waals surface area (Å²) in [5, 5.41) is 2.63. The van der Waals surface area contributed by atoms with Crippen molar-refractivity contribution in [1.29, 1.82) is 0 Å². The molecule has 0 aliphatic carbocycles. The van der Waals surface area contributed by atoms with Crippen molar-refractivity contribution >= 4 is 11.6 Å². The number of aryl methyl sites for hydroxylation is 1. The van der Waals surface area contributed by atoms with Crippen LogP contribution in [0.1, 0.15) is 24.3 Å². The van der Waals surface area contributed by atoms with Gasteiger partial charge >= 0.3 is 12.4 Å². The minimum absolute atomic E-state index is 0. The smallest absolute Gasteiger partial charge is 0.420 e. The van der Waals surface area contributed by atoms with Crippen molar-refractivity contribution < 1.29 is 28.9 Å². The molecule has 0 unspecified atom stereocenters. The first-order valence-electron chi connectivity index (χ1n) is 8.59. The van der Waals surface area contributed by atoms with Gasteiger partial charge in [0.25, 0.3) is 5.91 Å². The number of benzene rings is 2. The Bertz CT molecular complexity index is 1000. The summed E-state index contributed by atoms with van der Waals surface area (Å²) >= 11 is 0. The summed E-state index contributed by atoms with van der Waals surface area (Å²) in [5.41, 5.74) is 1.63. The minimum atomic E-state index is -4.92. The first kappa shape index (κ1) is 20.1. The number of hydrogen-bond donors (Lipinski definition) is 1. The van der Waals surface area contributed by atoms with Crippen LogP contribution in [0.3, 0.4) is 0 Å². The van der Waals surface area contributed by atoms with Crippen LogP contribution in [0.5, 0.6) is 17.5 Å². The maximum atomic E-state index is 12.7. The molecule has 0 spiro atoms. The molecule has 0 saturated heterocycles. The van der Waals surface area contributed by atoms with Gasteiger partial charge in [-0.1, -0.05) is 19.1 Å². The van der Waals surface area contributed by atoms with Crippen LogP contribution >= 0.6 is 0 Å². The van der Waals surface area contributed by atoms with E-state index in [-0.39, 0.29) is 18.9 Å². The van der Waals surface area contributed by atoms with E-state index in [0.29, 0.717) is 5.56 Å². The lowest BCUT2D eigenvalue weighted by molar-refractivity contribution is -0.275. The van der Waals surface area contributed by atoms with E-state index in [9.17, 15) is 18.0 Å². The van der Waals surface area contributed by atoms with Crippen LogP contribution in [-0.4, -0.2) is 22.2 Å². The molecule has 1 N–H and O–H groups in total. The van der Waals surface area contributed by atoms with Crippen LogP contribution in [0, 0.1) is 0 Å². The van der Waals surface area contributed by atoms with Crippen LogP contribution in [0.25, 0.3) is 0 Å². The van der Waals surface area contributed by atoms with Crippen LogP contribution < -0.4 is 14.8 Å². The summed E-state index contributed by atoms with van der Waals surface area (Å²) in [4.78, 5) is 20.1. The number of halogens is 3. The molecule has 6 nitrogen and oxygen atoms in total. The third-order valence-corrected chi connectivity index (χ3v) is 3.77. The van der Waals surface area contributed by atoms with Gasteiger partial charge in [-0.3, -0.25) is 4.79 Å². The summed E-state index contributed by atoms with van der Waals surface area (Å²) in [6, 6.07) is 11.9. The lowest BCUT2D eigenvalue weighted by atomic mass is 10.1. The normalized spacial score (nSPS) is 11.0. The van der Waals surface area contributed by atoms with Crippen LogP contribution in [0.15, 0.2) is 60.9 Å². The second kappa shape index (κ2) is 8.59. The largest absolute Gasteiger partial charge is 0.573 e. The number of alkyl halides is 3. The van der Waals surface area contributed by atoms with Gasteiger partial charge in [0, 0.05) is 31.1 Å². The van der Waals surface area contributed by atoms with Crippen molar-refractivity contribution in [2.24, 2.45) is 0 Å². The molecule has 9 heteroatoms. The summed E-state index contributed by atoms with van der Waals surface area (Å²) in [5.74, 6) is -1.30. The molecule has 2 aromatic carbocycles. The zero-order chi connectivity index (χ0) is 20.9. The maximum absolute atomic E-state index is 12.7. The van der Waals surface area contributed by atoms with Crippen molar-refractivity contribution in [1.82, 2.24) is 9.97 Å². The van der Waals surface area contributed by atoms with E-state index >= 15 is 0 Å². The van der Waals surface area contributed by atoms with E-state index in [4.69, 9.17) is 4.74 Å². The zero-order valence-electron chi connectivity index (χ0n) is 15.2.